The van der Waals surface area contributed by atoms with Crippen LogP contribution >= 0.6 is 0 Å². The van der Waals surface area contributed by atoms with Crippen LogP contribution in [0.1, 0.15) is 6.92 Å². The molecule has 76 valence electrons. The number of ether oxygens (including phenoxy) is 1. The summed E-state index contributed by atoms with van der Waals surface area (Å²) in [7, 11) is 0. The molecule has 0 aliphatic heterocycles. The third-order valence-electron chi connectivity index (χ3n) is 2.11. The Kier molecular flexibility index (Phi) is 2.52. The highest BCUT2D eigenvalue weighted by Gasteiger charge is 2.03. The van der Waals surface area contributed by atoms with Crippen LogP contribution < -0.4 is 4.74 Å². The fourth-order valence-corrected chi connectivity index (χ4v) is 1.48. The number of aromatic nitrogens is 1. The number of hydrogen-bond acceptors (Lipinski definition) is 3. The number of nitrogens with zero attached hydrogens (tertiary/aromatic N) is 1. The van der Waals surface area contributed by atoms with Gasteiger partial charge in [0.15, 0.2) is 0 Å². The zero-order valence-corrected chi connectivity index (χ0v) is 8.28. The van der Waals surface area contributed by atoms with Crippen LogP contribution in [0.4, 0.5) is 5.69 Å². The summed E-state index contributed by atoms with van der Waals surface area (Å²) < 4.78 is 5.36. The van der Waals surface area contributed by atoms with Crippen molar-refractivity contribution in [2.75, 3.05) is 6.61 Å². The minimum atomic E-state index is 0.585. The van der Waals surface area contributed by atoms with E-state index in [2.05, 4.69) is 9.98 Å². The number of hydrogen-bond donors (Lipinski definition) is 1. The van der Waals surface area contributed by atoms with Crippen molar-refractivity contribution in [2.45, 2.75) is 6.92 Å². The second kappa shape index (κ2) is 3.98. The molecule has 0 spiro atoms. The predicted molar refractivity (Wildman–Crippen MR) is 57.2 cm³/mol. The van der Waals surface area contributed by atoms with Crippen molar-refractivity contribution in [3.05, 3.63) is 24.4 Å². The van der Waals surface area contributed by atoms with Gasteiger partial charge in [-0.05, 0) is 25.1 Å². The van der Waals surface area contributed by atoms with Gasteiger partial charge in [0.25, 0.3) is 0 Å². The monoisotopic (exact) mass is 202 g/mol. The minimum absolute atomic E-state index is 0.585. The second-order valence-electron chi connectivity index (χ2n) is 3.02. The fourth-order valence-electron chi connectivity index (χ4n) is 1.48. The predicted octanol–water partition coefficient (Wildman–Crippen LogP) is 2.53. The lowest BCUT2D eigenvalue weighted by Crippen LogP contribution is -1.90. The molecule has 0 fully saturated rings. The van der Waals surface area contributed by atoms with Crippen molar-refractivity contribution in [3.8, 4) is 5.75 Å². The van der Waals surface area contributed by atoms with Crippen molar-refractivity contribution in [1.29, 1.82) is 0 Å². The van der Waals surface area contributed by atoms with Crippen molar-refractivity contribution in [1.82, 2.24) is 4.98 Å². The molecule has 0 unspecified atom stereocenters. The molecule has 0 atom stereocenters. The maximum Gasteiger partial charge on any atom is 0.240 e. The lowest BCUT2D eigenvalue weighted by molar-refractivity contribution is 0.341. The van der Waals surface area contributed by atoms with Crippen LogP contribution in [-0.4, -0.2) is 17.7 Å². The summed E-state index contributed by atoms with van der Waals surface area (Å²) >= 11 is 0. The number of carbonyl (C=O) groups excluding carboxylic acids is 1. The summed E-state index contributed by atoms with van der Waals surface area (Å²) in [5.41, 5.74) is 1.51. The van der Waals surface area contributed by atoms with Gasteiger partial charge in [-0.25, -0.2) is 4.79 Å². The van der Waals surface area contributed by atoms with Crippen LogP contribution in [0.2, 0.25) is 0 Å². The molecule has 4 heteroatoms. The third-order valence-corrected chi connectivity index (χ3v) is 2.11. The molecule has 0 aliphatic carbocycles. The molecule has 0 aliphatic rings. The number of benzene rings is 1. The third kappa shape index (κ3) is 1.75. The largest absolute Gasteiger partial charge is 0.494 e. The number of H-pyrrole nitrogens is 1. The van der Waals surface area contributed by atoms with Gasteiger partial charge in [0.05, 0.1) is 6.61 Å². The van der Waals surface area contributed by atoms with Crippen molar-refractivity contribution in [2.24, 2.45) is 4.99 Å². The molecule has 2 aromatic rings. The highest BCUT2D eigenvalue weighted by Crippen LogP contribution is 2.28. The summed E-state index contributed by atoms with van der Waals surface area (Å²) in [6.07, 6.45) is 3.20. The van der Waals surface area contributed by atoms with Gasteiger partial charge in [-0.1, -0.05) is 0 Å². The van der Waals surface area contributed by atoms with Crippen LogP contribution in [-0.2, 0) is 4.79 Å². The highest BCUT2D eigenvalue weighted by molar-refractivity contribution is 5.92. The SMILES string of the molecule is CCOc1ccc2[nH]cc(N=C=O)c2c1. The first-order chi connectivity index (χ1) is 7.35. The maximum absolute atomic E-state index is 10.2. The molecule has 1 aromatic carbocycles. The molecule has 4 nitrogen and oxygen atoms in total. The Morgan fingerprint density at radius 1 is 1.53 bits per heavy atom. The average molecular weight is 202 g/mol. The van der Waals surface area contributed by atoms with Gasteiger partial charge in [0, 0.05) is 17.1 Å². The van der Waals surface area contributed by atoms with E-state index in [4.69, 9.17) is 4.74 Å². The molecule has 1 N–H and O–H groups in total. The van der Waals surface area contributed by atoms with E-state index < -0.39 is 0 Å². The smallest absolute Gasteiger partial charge is 0.240 e. The Labute approximate surface area is 86.6 Å². The van der Waals surface area contributed by atoms with Crippen molar-refractivity contribution < 1.29 is 9.53 Å². The Morgan fingerprint density at radius 3 is 3.13 bits per heavy atom. The molecule has 0 saturated heterocycles. The number of aromatic amines is 1. The van der Waals surface area contributed by atoms with Gasteiger partial charge in [0.1, 0.15) is 11.4 Å². The first kappa shape index (κ1) is 9.49. The van der Waals surface area contributed by atoms with Crippen LogP contribution in [0.15, 0.2) is 29.4 Å². The van der Waals surface area contributed by atoms with Crippen molar-refractivity contribution >= 4 is 22.7 Å². The quantitative estimate of drug-likeness (QED) is 0.614. The summed E-state index contributed by atoms with van der Waals surface area (Å²) in [6.45, 7) is 2.54. The van der Waals surface area contributed by atoms with E-state index in [0.717, 1.165) is 16.7 Å². The molecule has 1 aromatic heterocycles. The van der Waals surface area contributed by atoms with E-state index >= 15 is 0 Å². The van der Waals surface area contributed by atoms with Gasteiger partial charge in [0.2, 0.25) is 6.08 Å². The standard InChI is InChI=1S/C11H10N2O2/c1-2-15-8-3-4-10-9(5-8)11(6-12-10)13-7-14/h3-6,12H,2H2,1H3. The van der Waals surface area contributed by atoms with Crippen LogP contribution in [0.3, 0.4) is 0 Å². The Hall–Kier alpha value is -2.06. The Morgan fingerprint density at radius 2 is 2.40 bits per heavy atom. The average Bonchev–Trinajstić information content (AvgIpc) is 2.63. The highest BCUT2D eigenvalue weighted by atomic mass is 16.5. The first-order valence-electron chi connectivity index (χ1n) is 4.67. The number of aliphatic imine (C=N–C) groups is 1. The Bertz CT molecular complexity index is 524. The van der Waals surface area contributed by atoms with E-state index in [1.54, 1.807) is 6.20 Å². The molecule has 0 bridgehead atoms. The first-order valence-corrected chi connectivity index (χ1v) is 4.67. The van der Waals surface area contributed by atoms with E-state index in [1.807, 2.05) is 25.1 Å². The molecule has 15 heavy (non-hydrogen) atoms. The molecular weight excluding hydrogens is 192 g/mol. The van der Waals surface area contributed by atoms with E-state index in [-0.39, 0.29) is 0 Å². The molecule has 1 heterocycles. The summed E-state index contributed by atoms with van der Waals surface area (Å²) in [5.74, 6) is 0.770. The van der Waals surface area contributed by atoms with Gasteiger partial charge in [-0.2, -0.15) is 4.99 Å². The molecule has 0 saturated carbocycles. The maximum atomic E-state index is 10.2. The normalized spacial score (nSPS) is 9.93. The van der Waals surface area contributed by atoms with Gasteiger partial charge >= 0.3 is 0 Å². The summed E-state index contributed by atoms with van der Waals surface area (Å²) in [6, 6.07) is 5.62. The molecule has 0 amide bonds. The van der Waals surface area contributed by atoms with Gasteiger partial charge in [-0.15, -0.1) is 0 Å². The lowest BCUT2D eigenvalue weighted by Gasteiger charge is -2.01. The topological polar surface area (TPSA) is 54.4 Å². The van der Waals surface area contributed by atoms with E-state index in [9.17, 15) is 4.79 Å². The van der Waals surface area contributed by atoms with Crippen molar-refractivity contribution in [3.63, 3.8) is 0 Å². The second-order valence-corrected chi connectivity index (χ2v) is 3.02. The summed E-state index contributed by atoms with van der Waals surface area (Å²) in [5, 5.41) is 0.865. The van der Waals surface area contributed by atoms with E-state index in [1.165, 1.54) is 6.08 Å². The number of isocyanates is 1. The summed E-state index contributed by atoms with van der Waals surface area (Å²) in [4.78, 5) is 16.8. The number of fused-ring (bicyclic) bond motifs is 1. The fraction of sp³-hybridized carbons (Fsp3) is 0.182. The number of rotatable bonds is 3. The number of nitrogens with one attached hydrogen (secondary N) is 1. The molecule has 2 rings (SSSR count). The van der Waals surface area contributed by atoms with Gasteiger partial charge < -0.3 is 9.72 Å². The van der Waals surface area contributed by atoms with Crippen LogP contribution in [0, 0.1) is 0 Å². The molecular formula is C11H10N2O2. The van der Waals surface area contributed by atoms with Crippen LogP contribution in [0.25, 0.3) is 10.9 Å². The van der Waals surface area contributed by atoms with Gasteiger partial charge in [-0.3, -0.25) is 0 Å². The minimum Gasteiger partial charge on any atom is -0.494 e. The lowest BCUT2D eigenvalue weighted by atomic mass is 10.2. The zero-order valence-electron chi connectivity index (χ0n) is 8.28. The van der Waals surface area contributed by atoms with Crippen LogP contribution in [0.5, 0.6) is 5.75 Å². The zero-order chi connectivity index (χ0) is 10.7. The Balaban J connectivity index is 2.55. The molecule has 0 radical (unpaired) electrons. The van der Waals surface area contributed by atoms with E-state index in [0.29, 0.717) is 12.3 Å².